The van der Waals surface area contributed by atoms with E-state index in [1.807, 2.05) is 19.1 Å². The number of nitrogens with zero attached hydrogens (tertiary/aromatic N) is 3. The molecule has 0 saturated heterocycles. The van der Waals surface area contributed by atoms with Crippen LogP contribution in [-0.2, 0) is 6.54 Å². The van der Waals surface area contributed by atoms with E-state index in [1.165, 1.54) is 0 Å². The molecule has 6 nitrogen and oxygen atoms in total. The van der Waals surface area contributed by atoms with Crippen LogP contribution in [0.5, 0.6) is 0 Å². The summed E-state index contributed by atoms with van der Waals surface area (Å²) >= 11 is 0. The standard InChI is InChI=1S/C15H21N5O/c1-3-20(9-12-5-4-8-21-12)15-10(2)13(19-16)17-14(18-15)11-6-7-11/h4-5,8,11H,3,6-7,9,16H2,1-2H3,(H,17,18,19). The Morgan fingerprint density at radius 2 is 2.24 bits per heavy atom. The van der Waals surface area contributed by atoms with Gasteiger partial charge in [-0.2, -0.15) is 0 Å². The predicted octanol–water partition coefficient (Wildman–Crippen LogP) is 2.57. The Labute approximate surface area is 124 Å². The molecule has 0 aliphatic heterocycles. The van der Waals surface area contributed by atoms with Crippen molar-refractivity contribution in [3.8, 4) is 0 Å². The molecule has 6 heteroatoms. The maximum absolute atomic E-state index is 5.61. The summed E-state index contributed by atoms with van der Waals surface area (Å²) in [7, 11) is 0. The number of hydrazine groups is 1. The second kappa shape index (κ2) is 5.73. The van der Waals surface area contributed by atoms with Gasteiger partial charge in [0.05, 0.1) is 12.8 Å². The number of nitrogen functional groups attached to an aromatic ring is 1. The van der Waals surface area contributed by atoms with Gasteiger partial charge in [0.1, 0.15) is 23.2 Å². The highest BCUT2D eigenvalue weighted by atomic mass is 16.3. The summed E-state index contributed by atoms with van der Waals surface area (Å²) in [6.07, 6.45) is 4.02. The highest BCUT2D eigenvalue weighted by Gasteiger charge is 2.29. The Balaban J connectivity index is 1.95. The van der Waals surface area contributed by atoms with Gasteiger partial charge in [0.2, 0.25) is 0 Å². The van der Waals surface area contributed by atoms with Crippen LogP contribution < -0.4 is 16.2 Å². The zero-order valence-corrected chi connectivity index (χ0v) is 12.5. The summed E-state index contributed by atoms with van der Waals surface area (Å²) in [6.45, 7) is 5.63. The Morgan fingerprint density at radius 1 is 1.43 bits per heavy atom. The van der Waals surface area contributed by atoms with Crippen LogP contribution in [-0.4, -0.2) is 16.5 Å². The zero-order chi connectivity index (χ0) is 14.8. The van der Waals surface area contributed by atoms with E-state index in [1.54, 1.807) is 6.26 Å². The SMILES string of the molecule is CCN(Cc1ccco1)c1nc(C2CC2)nc(NN)c1C. The van der Waals surface area contributed by atoms with E-state index in [2.05, 4.69) is 22.2 Å². The van der Waals surface area contributed by atoms with Gasteiger partial charge in [-0.15, -0.1) is 0 Å². The molecular weight excluding hydrogens is 266 g/mol. The normalized spacial score (nSPS) is 14.2. The fourth-order valence-electron chi connectivity index (χ4n) is 2.42. The van der Waals surface area contributed by atoms with Crippen LogP contribution in [0.2, 0.25) is 0 Å². The second-order valence-electron chi connectivity index (χ2n) is 5.39. The van der Waals surface area contributed by atoms with Crippen molar-refractivity contribution >= 4 is 11.6 Å². The van der Waals surface area contributed by atoms with Crippen LogP contribution in [0.1, 0.15) is 42.8 Å². The second-order valence-corrected chi connectivity index (χ2v) is 5.39. The van der Waals surface area contributed by atoms with E-state index in [9.17, 15) is 0 Å². The molecule has 0 atom stereocenters. The first kappa shape index (κ1) is 13.9. The minimum Gasteiger partial charge on any atom is -0.467 e. The van der Waals surface area contributed by atoms with Gasteiger partial charge in [-0.25, -0.2) is 15.8 Å². The first-order valence-corrected chi connectivity index (χ1v) is 7.35. The fraction of sp³-hybridized carbons (Fsp3) is 0.467. The predicted molar refractivity (Wildman–Crippen MR) is 82.0 cm³/mol. The lowest BCUT2D eigenvalue weighted by Crippen LogP contribution is -2.25. The van der Waals surface area contributed by atoms with Gasteiger partial charge < -0.3 is 14.7 Å². The number of aromatic nitrogens is 2. The quantitative estimate of drug-likeness (QED) is 0.628. The molecule has 0 amide bonds. The summed E-state index contributed by atoms with van der Waals surface area (Å²) in [5.74, 6) is 9.54. The van der Waals surface area contributed by atoms with Crippen molar-refractivity contribution in [2.75, 3.05) is 16.9 Å². The summed E-state index contributed by atoms with van der Waals surface area (Å²) < 4.78 is 5.45. The molecule has 0 radical (unpaired) electrons. The van der Waals surface area contributed by atoms with E-state index in [0.29, 0.717) is 18.3 Å². The molecule has 0 bridgehead atoms. The minimum atomic E-state index is 0.485. The molecule has 3 N–H and O–H groups in total. The van der Waals surface area contributed by atoms with Gasteiger partial charge in [0.15, 0.2) is 0 Å². The highest BCUT2D eigenvalue weighted by Crippen LogP contribution is 2.40. The summed E-state index contributed by atoms with van der Waals surface area (Å²) in [4.78, 5) is 11.5. The molecule has 21 heavy (non-hydrogen) atoms. The van der Waals surface area contributed by atoms with E-state index >= 15 is 0 Å². The van der Waals surface area contributed by atoms with Gasteiger partial charge in [-0.05, 0) is 38.8 Å². The van der Waals surface area contributed by atoms with E-state index < -0.39 is 0 Å². The maximum Gasteiger partial charge on any atom is 0.148 e. The Hall–Kier alpha value is -2.08. The maximum atomic E-state index is 5.61. The Morgan fingerprint density at radius 3 is 2.81 bits per heavy atom. The van der Waals surface area contributed by atoms with Crippen LogP contribution in [0.25, 0.3) is 0 Å². The van der Waals surface area contributed by atoms with Crippen molar-refractivity contribution in [1.29, 1.82) is 0 Å². The summed E-state index contributed by atoms with van der Waals surface area (Å²) in [5, 5.41) is 0. The van der Waals surface area contributed by atoms with Crippen LogP contribution in [0.15, 0.2) is 22.8 Å². The topological polar surface area (TPSA) is 80.2 Å². The van der Waals surface area contributed by atoms with Crippen LogP contribution in [0.4, 0.5) is 11.6 Å². The van der Waals surface area contributed by atoms with E-state index in [0.717, 1.165) is 42.4 Å². The van der Waals surface area contributed by atoms with Crippen molar-refractivity contribution in [1.82, 2.24) is 9.97 Å². The van der Waals surface area contributed by atoms with Gasteiger partial charge in [-0.3, -0.25) is 0 Å². The molecule has 0 unspecified atom stereocenters. The van der Waals surface area contributed by atoms with Crippen molar-refractivity contribution in [3.05, 3.63) is 35.5 Å². The molecule has 1 aliphatic carbocycles. The first-order chi connectivity index (χ1) is 10.2. The third-order valence-electron chi connectivity index (χ3n) is 3.82. The molecule has 0 spiro atoms. The smallest absolute Gasteiger partial charge is 0.148 e. The van der Waals surface area contributed by atoms with Gasteiger partial charge in [0, 0.05) is 18.0 Å². The van der Waals surface area contributed by atoms with Crippen LogP contribution in [0.3, 0.4) is 0 Å². The molecule has 1 saturated carbocycles. The lowest BCUT2D eigenvalue weighted by molar-refractivity contribution is 0.502. The largest absolute Gasteiger partial charge is 0.467 e. The number of nitrogens with one attached hydrogen (secondary N) is 1. The number of hydrogen-bond donors (Lipinski definition) is 2. The lowest BCUT2D eigenvalue weighted by Gasteiger charge is -2.24. The molecular formula is C15H21N5O. The van der Waals surface area contributed by atoms with E-state index in [4.69, 9.17) is 15.2 Å². The molecule has 1 fully saturated rings. The van der Waals surface area contributed by atoms with Gasteiger partial charge >= 0.3 is 0 Å². The number of nitrogens with two attached hydrogens (primary N) is 1. The Kier molecular flexibility index (Phi) is 3.79. The molecule has 2 aromatic heterocycles. The first-order valence-electron chi connectivity index (χ1n) is 7.35. The lowest BCUT2D eigenvalue weighted by atomic mass is 10.2. The van der Waals surface area contributed by atoms with Gasteiger partial charge in [0.25, 0.3) is 0 Å². The number of rotatable bonds is 6. The Bertz CT molecular complexity index is 607. The molecule has 2 heterocycles. The van der Waals surface area contributed by atoms with E-state index in [-0.39, 0.29) is 0 Å². The number of furan rings is 1. The molecule has 0 aromatic carbocycles. The molecule has 2 aromatic rings. The summed E-state index contributed by atoms with van der Waals surface area (Å²) in [5.41, 5.74) is 3.66. The minimum absolute atomic E-state index is 0.485. The fourth-order valence-corrected chi connectivity index (χ4v) is 2.42. The average molecular weight is 287 g/mol. The van der Waals surface area contributed by atoms with Crippen LogP contribution in [0, 0.1) is 6.92 Å². The third-order valence-corrected chi connectivity index (χ3v) is 3.82. The van der Waals surface area contributed by atoms with Gasteiger partial charge in [-0.1, -0.05) is 0 Å². The highest BCUT2D eigenvalue weighted by molar-refractivity contribution is 5.58. The van der Waals surface area contributed by atoms with Crippen molar-refractivity contribution in [3.63, 3.8) is 0 Å². The van der Waals surface area contributed by atoms with Crippen molar-refractivity contribution in [2.45, 2.75) is 39.2 Å². The molecule has 3 rings (SSSR count). The van der Waals surface area contributed by atoms with Crippen molar-refractivity contribution < 1.29 is 4.42 Å². The number of anilines is 2. The summed E-state index contributed by atoms with van der Waals surface area (Å²) in [6, 6.07) is 3.88. The number of hydrogen-bond acceptors (Lipinski definition) is 6. The molecule has 112 valence electrons. The zero-order valence-electron chi connectivity index (χ0n) is 12.5. The monoisotopic (exact) mass is 287 g/mol. The van der Waals surface area contributed by atoms with Crippen LogP contribution >= 0.6 is 0 Å². The average Bonchev–Trinajstić information content (AvgIpc) is 3.22. The van der Waals surface area contributed by atoms with Crippen molar-refractivity contribution in [2.24, 2.45) is 5.84 Å². The molecule has 1 aliphatic rings. The third kappa shape index (κ3) is 2.85.